The van der Waals surface area contributed by atoms with Crippen LogP contribution < -0.4 is 14.8 Å². The highest BCUT2D eigenvalue weighted by atomic mass is 32.1. The van der Waals surface area contributed by atoms with Crippen molar-refractivity contribution in [3.05, 3.63) is 54.1 Å². The predicted octanol–water partition coefficient (Wildman–Crippen LogP) is 3.47. The molecular weight excluding hydrogens is 326 g/mol. The molecule has 6 nitrogen and oxygen atoms in total. The number of benzene rings is 2. The molecule has 3 aromatic rings. The molecule has 0 atom stereocenters. The maximum atomic E-state index is 12.3. The van der Waals surface area contributed by atoms with Crippen LogP contribution in [0.15, 0.2) is 48.5 Å². The van der Waals surface area contributed by atoms with E-state index in [0.717, 1.165) is 16.3 Å². The van der Waals surface area contributed by atoms with Gasteiger partial charge in [-0.25, -0.2) is 0 Å². The van der Waals surface area contributed by atoms with Crippen LogP contribution in [0.5, 0.6) is 11.5 Å². The van der Waals surface area contributed by atoms with E-state index in [2.05, 4.69) is 15.5 Å². The van der Waals surface area contributed by atoms with Crippen LogP contribution >= 0.6 is 11.3 Å². The van der Waals surface area contributed by atoms with Crippen molar-refractivity contribution in [1.29, 1.82) is 0 Å². The molecule has 2 aromatic carbocycles. The normalized spacial score (nSPS) is 10.2. The Labute approximate surface area is 143 Å². The van der Waals surface area contributed by atoms with Crippen LogP contribution in [-0.2, 0) is 0 Å². The molecule has 0 bridgehead atoms. The van der Waals surface area contributed by atoms with Crippen molar-refractivity contribution >= 4 is 22.4 Å². The molecule has 0 aliphatic carbocycles. The van der Waals surface area contributed by atoms with E-state index < -0.39 is 0 Å². The lowest BCUT2D eigenvalue weighted by Gasteiger charge is -2.03. The lowest BCUT2D eigenvalue weighted by atomic mass is 10.2. The third-order valence-electron chi connectivity index (χ3n) is 3.31. The largest absolute Gasteiger partial charge is 0.497 e. The number of nitrogens with one attached hydrogen (secondary N) is 1. The van der Waals surface area contributed by atoms with Gasteiger partial charge in [-0.3, -0.25) is 10.1 Å². The number of nitrogens with zero attached hydrogens (tertiary/aromatic N) is 2. The van der Waals surface area contributed by atoms with Crippen LogP contribution in [0, 0.1) is 0 Å². The van der Waals surface area contributed by atoms with Gasteiger partial charge in [0.1, 0.15) is 16.5 Å². The molecule has 24 heavy (non-hydrogen) atoms. The number of amides is 1. The number of hydrogen-bond acceptors (Lipinski definition) is 6. The first kappa shape index (κ1) is 15.9. The van der Waals surface area contributed by atoms with Crippen molar-refractivity contribution < 1.29 is 14.3 Å². The van der Waals surface area contributed by atoms with E-state index >= 15 is 0 Å². The van der Waals surface area contributed by atoms with Crippen molar-refractivity contribution in [2.24, 2.45) is 0 Å². The number of methoxy groups -OCH3 is 2. The van der Waals surface area contributed by atoms with Gasteiger partial charge in [-0.15, -0.1) is 10.2 Å². The third kappa shape index (κ3) is 3.52. The Hall–Kier alpha value is -2.93. The Morgan fingerprint density at radius 1 is 1.00 bits per heavy atom. The van der Waals surface area contributed by atoms with E-state index in [-0.39, 0.29) is 5.91 Å². The molecule has 7 heteroatoms. The molecule has 0 aliphatic heterocycles. The van der Waals surface area contributed by atoms with Crippen molar-refractivity contribution in [1.82, 2.24) is 10.2 Å². The van der Waals surface area contributed by atoms with Crippen LogP contribution in [0.2, 0.25) is 0 Å². The van der Waals surface area contributed by atoms with Crippen molar-refractivity contribution in [2.45, 2.75) is 0 Å². The molecule has 0 radical (unpaired) electrons. The second-order valence-electron chi connectivity index (χ2n) is 4.83. The minimum Gasteiger partial charge on any atom is -0.497 e. The Balaban J connectivity index is 1.74. The molecule has 0 spiro atoms. The summed E-state index contributed by atoms with van der Waals surface area (Å²) in [6.07, 6.45) is 0. The summed E-state index contributed by atoms with van der Waals surface area (Å²) < 4.78 is 10.3. The Bertz CT molecular complexity index is 846. The van der Waals surface area contributed by atoms with E-state index in [1.165, 1.54) is 11.3 Å². The first-order valence-electron chi connectivity index (χ1n) is 7.13. The lowest BCUT2D eigenvalue weighted by molar-refractivity contribution is 0.102. The average molecular weight is 341 g/mol. The Morgan fingerprint density at radius 2 is 1.75 bits per heavy atom. The van der Waals surface area contributed by atoms with E-state index in [1.807, 2.05) is 24.3 Å². The Morgan fingerprint density at radius 3 is 2.46 bits per heavy atom. The first-order chi connectivity index (χ1) is 11.7. The summed E-state index contributed by atoms with van der Waals surface area (Å²) in [4.78, 5) is 12.3. The second-order valence-corrected chi connectivity index (χ2v) is 5.80. The van der Waals surface area contributed by atoms with Gasteiger partial charge in [-0.1, -0.05) is 17.4 Å². The minimum atomic E-state index is -0.258. The smallest absolute Gasteiger partial charge is 0.257 e. The second kappa shape index (κ2) is 7.10. The Kier molecular flexibility index (Phi) is 4.72. The van der Waals surface area contributed by atoms with Crippen molar-refractivity contribution in [3.63, 3.8) is 0 Å². The number of aromatic nitrogens is 2. The molecule has 0 unspecified atom stereocenters. The third-order valence-corrected chi connectivity index (χ3v) is 4.20. The molecule has 1 amide bonds. The minimum absolute atomic E-state index is 0.258. The molecule has 122 valence electrons. The quantitative estimate of drug-likeness (QED) is 0.769. The van der Waals surface area contributed by atoms with Gasteiger partial charge in [0.05, 0.1) is 14.2 Å². The van der Waals surface area contributed by atoms with E-state index in [1.54, 1.807) is 38.5 Å². The molecule has 0 fully saturated rings. The number of ether oxygens (including phenoxy) is 2. The van der Waals surface area contributed by atoms with Gasteiger partial charge < -0.3 is 9.47 Å². The van der Waals surface area contributed by atoms with E-state index in [0.29, 0.717) is 16.4 Å². The van der Waals surface area contributed by atoms with Gasteiger partial charge in [-0.2, -0.15) is 0 Å². The summed E-state index contributed by atoms with van der Waals surface area (Å²) >= 11 is 1.31. The average Bonchev–Trinajstić information content (AvgIpc) is 3.10. The molecule has 1 heterocycles. The maximum absolute atomic E-state index is 12.3. The summed E-state index contributed by atoms with van der Waals surface area (Å²) in [7, 11) is 3.18. The zero-order valence-electron chi connectivity index (χ0n) is 13.1. The van der Waals surface area contributed by atoms with Crippen LogP contribution in [0.3, 0.4) is 0 Å². The highest BCUT2D eigenvalue weighted by molar-refractivity contribution is 7.18. The van der Waals surface area contributed by atoms with Crippen LogP contribution in [-0.4, -0.2) is 30.3 Å². The van der Waals surface area contributed by atoms with Gasteiger partial charge in [0.15, 0.2) is 0 Å². The highest BCUT2D eigenvalue weighted by Crippen LogP contribution is 2.28. The molecule has 0 saturated heterocycles. The lowest BCUT2D eigenvalue weighted by Crippen LogP contribution is -2.11. The summed E-state index contributed by atoms with van der Waals surface area (Å²) in [6.45, 7) is 0. The number of anilines is 1. The highest BCUT2D eigenvalue weighted by Gasteiger charge is 2.12. The van der Waals surface area contributed by atoms with Crippen LogP contribution in [0.4, 0.5) is 5.13 Å². The van der Waals surface area contributed by atoms with Gasteiger partial charge in [-0.05, 0) is 42.5 Å². The topological polar surface area (TPSA) is 73.3 Å². The van der Waals surface area contributed by atoms with Gasteiger partial charge >= 0.3 is 0 Å². The van der Waals surface area contributed by atoms with Crippen LogP contribution in [0.25, 0.3) is 10.6 Å². The monoisotopic (exact) mass is 341 g/mol. The molecule has 0 saturated carbocycles. The molecule has 0 aliphatic rings. The fourth-order valence-electron chi connectivity index (χ4n) is 2.06. The SMILES string of the molecule is COc1ccc(-c2nnc(NC(=O)c3cccc(OC)c3)s2)cc1. The fourth-order valence-corrected chi connectivity index (χ4v) is 2.80. The zero-order chi connectivity index (χ0) is 16.9. The van der Waals surface area contributed by atoms with Gasteiger partial charge in [0.2, 0.25) is 5.13 Å². The molecular formula is C17H15N3O3S. The fraction of sp³-hybridized carbons (Fsp3) is 0.118. The number of hydrogen-bond donors (Lipinski definition) is 1. The number of rotatable bonds is 5. The summed E-state index contributed by atoms with van der Waals surface area (Å²) in [5.74, 6) is 1.14. The van der Waals surface area contributed by atoms with Crippen molar-refractivity contribution in [3.8, 4) is 22.1 Å². The van der Waals surface area contributed by atoms with Crippen molar-refractivity contribution in [2.75, 3.05) is 19.5 Å². The van der Waals surface area contributed by atoms with E-state index in [4.69, 9.17) is 9.47 Å². The molecule has 3 rings (SSSR count). The zero-order valence-corrected chi connectivity index (χ0v) is 14.0. The summed E-state index contributed by atoms with van der Waals surface area (Å²) in [5.41, 5.74) is 1.41. The first-order valence-corrected chi connectivity index (χ1v) is 7.94. The van der Waals surface area contributed by atoms with Crippen LogP contribution in [0.1, 0.15) is 10.4 Å². The molecule has 1 aromatic heterocycles. The standard InChI is InChI=1S/C17H15N3O3S/c1-22-13-8-6-11(7-9-13)16-19-20-17(24-16)18-15(21)12-4-3-5-14(10-12)23-2/h3-10H,1-2H3,(H,18,20,21). The van der Waals surface area contributed by atoms with Gasteiger partial charge in [0.25, 0.3) is 5.91 Å². The number of carbonyl (C=O) groups excluding carboxylic acids is 1. The summed E-state index contributed by atoms with van der Waals surface area (Å²) in [5, 5.41) is 12.0. The number of carbonyl (C=O) groups is 1. The summed E-state index contributed by atoms with van der Waals surface area (Å²) in [6, 6.07) is 14.4. The van der Waals surface area contributed by atoms with Gasteiger partial charge in [0, 0.05) is 11.1 Å². The maximum Gasteiger partial charge on any atom is 0.257 e. The molecule has 1 N–H and O–H groups in total. The predicted molar refractivity (Wildman–Crippen MR) is 92.8 cm³/mol. The van der Waals surface area contributed by atoms with E-state index in [9.17, 15) is 4.79 Å².